The molecule has 1 saturated heterocycles. The number of rotatable bonds is 8. The van der Waals surface area contributed by atoms with Crippen LogP contribution in [-0.2, 0) is 17.9 Å². The van der Waals surface area contributed by atoms with Crippen LogP contribution in [0.3, 0.4) is 0 Å². The van der Waals surface area contributed by atoms with Crippen LogP contribution < -0.4 is 5.32 Å². The van der Waals surface area contributed by atoms with Crippen LogP contribution in [0, 0.1) is 0 Å². The molecule has 4 rings (SSSR count). The number of halogens is 1. The number of likely N-dealkylation sites (tertiary alicyclic amines) is 1. The molecule has 3 aromatic rings. The van der Waals surface area contributed by atoms with Crippen LogP contribution in [0.4, 0.5) is 5.82 Å². The van der Waals surface area contributed by atoms with Gasteiger partial charge < -0.3 is 9.88 Å². The van der Waals surface area contributed by atoms with E-state index in [-0.39, 0.29) is 11.7 Å². The number of nitrogens with one attached hydrogen (secondary N) is 1. The van der Waals surface area contributed by atoms with E-state index in [1.807, 2.05) is 18.2 Å². The average Bonchev–Trinajstić information content (AvgIpc) is 3.16. The minimum absolute atomic E-state index is 0.147. The fourth-order valence-corrected chi connectivity index (χ4v) is 4.41. The van der Waals surface area contributed by atoms with Gasteiger partial charge in [0.2, 0.25) is 5.91 Å². The van der Waals surface area contributed by atoms with Crippen LogP contribution in [0.25, 0.3) is 0 Å². The number of hydrogen-bond donors (Lipinski definition) is 1. The van der Waals surface area contributed by atoms with E-state index in [0.29, 0.717) is 17.4 Å². The lowest BCUT2D eigenvalue weighted by Crippen LogP contribution is -2.30. The molecule has 1 fully saturated rings. The predicted octanol–water partition coefficient (Wildman–Crippen LogP) is 4.09. The van der Waals surface area contributed by atoms with Gasteiger partial charge in [-0.25, -0.2) is 4.98 Å². The highest BCUT2D eigenvalue weighted by atomic mass is 35.5. The molecule has 1 aliphatic rings. The summed E-state index contributed by atoms with van der Waals surface area (Å²) in [5, 5.41) is 12.9. The third-order valence-corrected chi connectivity index (χ3v) is 6.31. The van der Waals surface area contributed by atoms with Gasteiger partial charge in [-0.05, 0) is 43.6 Å². The Kier molecular flexibility index (Phi) is 7.56. The summed E-state index contributed by atoms with van der Waals surface area (Å²) in [4.78, 5) is 18.9. The van der Waals surface area contributed by atoms with Crippen molar-refractivity contribution in [2.75, 3.05) is 24.2 Å². The average molecular weight is 457 g/mol. The Balaban J connectivity index is 1.45. The molecule has 0 spiro atoms. The summed E-state index contributed by atoms with van der Waals surface area (Å²) in [6.45, 7) is 3.65. The van der Waals surface area contributed by atoms with Crippen molar-refractivity contribution in [2.45, 2.75) is 37.5 Å². The summed E-state index contributed by atoms with van der Waals surface area (Å²) in [5.74, 6) is 1.49. The first-order valence-corrected chi connectivity index (χ1v) is 11.8. The van der Waals surface area contributed by atoms with Crippen LogP contribution in [0.5, 0.6) is 0 Å². The van der Waals surface area contributed by atoms with Crippen molar-refractivity contribution in [2.24, 2.45) is 0 Å². The summed E-state index contributed by atoms with van der Waals surface area (Å²) in [6.07, 6.45) is 5.26. The van der Waals surface area contributed by atoms with Crippen LogP contribution in [0.2, 0.25) is 5.02 Å². The summed E-state index contributed by atoms with van der Waals surface area (Å²) in [7, 11) is 0. The molecule has 1 N–H and O–H groups in total. The zero-order chi connectivity index (χ0) is 21.5. The van der Waals surface area contributed by atoms with E-state index in [4.69, 9.17) is 11.6 Å². The third kappa shape index (κ3) is 6.29. The van der Waals surface area contributed by atoms with Crippen molar-refractivity contribution < 1.29 is 4.79 Å². The predicted molar refractivity (Wildman–Crippen MR) is 123 cm³/mol. The highest BCUT2D eigenvalue weighted by molar-refractivity contribution is 7.99. The lowest BCUT2D eigenvalue weighted by Gasteiger charge is -2.26. The number of thioether (sulfide) groups is 1. The molecule has 0 saturated carbocycles. The zero-order valence-corrected chi connectivity index (χ0v) is 18.8. The van der Waals surface area contributed by atoms with Crippen LogP contribution in [0.15, 0.2) is 53.8 Å². The number of hydrogen-bond acceptors (Lipinski definition) is 6. The maximum Gasteiger partial charge on any atom is 0.236 e. The Morgan fingerprint density at radius 2 is 1.84 bits per heavy atom. The monoisotopic (exact) mass is 456 g/mol. The SMILES string of the molecule is O=C(CSc1nnc(CN2CCCCC2)n1Cc1ccccc1)Nc1ccc(Cl)cn1. The molecule has 0 radical (unpaired) electrons. The van der Waals surface area contributed by atoms with Gasteiger partial charge in [-0.3, -0.25) is 9.69 Å². The van der Waals surface area contributed by atoms with E-state index in [1.54, 1.807) is 12.1 Å². The number of nitrogens with zero attached hydrogens (tertiary/aromatic N) is 5. The van der Waals surface area contributed by atoms with E-state index in [2.05, 4.69) is 42.1 Å². The smallest absolute Gasteiger partial charge is 0.236 e. The Hall–Kier alpha value is -2.42. The van der Waals surface area contributed by atoms with Crippen LogP contribution in [0.1, 0.15) is 30.7 Å². The van der Waals surface area contributed by atoms with Gasteiger partial charge in [0, 0.05) is 6.20 Å². The van der Waals surface area contributed by atoms with Gasteiger partial charge in [0.05, 0.1) is 23.9 Å². The number of benzene rings is 1. The molecule has 0 unspecified atom stereocenters. The fraction of sp³-hybridized carbons (Fsp3) is 0.364. The maximum atomic E-state index is 12.4. The topological polar surface area (TPSA) is 75.9 Å². The highest BCUT2D eigenvalue weighted by Crippen LogP contribution is 2.21. The van der Waals surface area contributed by atoms with Gasteiger partial charge in [-0.2, -0.15) is 0 Å². The molecular weight excluding hydrogens is 432 g/mol. The van der Waals surface area contributed by atoms with Gasteiger partial charge >= 0.3 is 0 Å². The summed E-state index contributed by atoms with van der Waals surface area (Å²) >= 11 is 7.23. The number of amides is 1. The molecule has 9 heteroatoms. The minimum atomic E-state index is -0.147. The van der Waals surface area contributed by atoms with Crippen LogP contribution >= 0.6 is 23.4 Å². The number of anilines is 1. The van der Waals surface area contributed by atoms with Gasteiger partial charge in [-0.1, -0.05) is 60.1 Å². The number of aromatic nitrogens is 4. The molecule has 0 aliphatic carbocycles. The first kappa shape index (κ1) is 21.8. The van der Waals surface area contributed by atoms with Crippen molar-refractivity contribution in [1.82, 2.24) is 24.6 Å². The fourth-order valence-electron chi connectivity index (χ4n) is 3.54. The molecule has 1 aromatic carbocycles. The van der Waals surface area contributed by atoms with E-state index >= 15 is 0 Å². The molecule has 7 nitrogen and oxygen atoms in total. The van der Waals surface area contributed by atoms with E-state index in [0.717, 1.165) is 30.6 Å². The molecule has 0 bridgehead atoms. The van der Waals surface area contributed by atoms with Gasteiger partial charge in [0.15, 0.2) is 5.16 Å². The van der Waals surface area contributed by atoms with Crippen molar-refractivity contribution in [1.29, 1.82) is 0 Å². The summed E-state index contributed by atoms with van der Waals surface area (Å²) in [5.41, 5.74) is 1.18. The zero-order valence-electron chi connectivity index (χ0n) is 17.2. The normalized spacial score (nSPS) is 14.5. The molecule has 0 atom stereocenters. The standard InChI is InChI=1S/C22H25ClN6OS/c23-18-9-10-19(24-13-18)25-21(30)16-31-22-27-26-20(15-28-11-5-2-6-12-28)29(22)14-17-7-3-1-4-8-17/h1,3-4,7-10,13H,2,5-6,11-12,14-16H2,(H,24,25,30). The van der Waals surface area contributed by atoms with E-state index in [1.165, 1.54) is 42.8 Å². The van der Waals surface area contributed by atoms with E-state index < -0.39 is 0 Å². The molecule has 162 valence electrons. The molecule has 3 heterocycles. The largest absolute Gasteiger partial charge is 0.310 e. The summed E-state index contributed by atoms with van der Waals surface area (Å²) < 4.78 is 2.13. The van der Waals surface area contributed by atoms with Gasteiger partial charge in [-0.15, -0.1) is 10.2 Å². The van der Waals surface area contributed by atoms with Crippen molar-refractivity contribution in [3.8, 4) is 0 Å². The second-order valence-electron chi connectivity index (χ2n) is 7.51. The molecular formula is C22H25ClN6OS. The third-order valence-electron chi connectivity index (χ3n) is 5.12. The number of carbonyl (C=O) groups is 1. The Morgan fingerprint density at radius 1 is 1.03 bits per heavy atom. The van der Waals surface area contributed by atoms with Crippen molar-refractivity contribution >= 4 is 35.1 Å². The molecule has 2 aromatic heterocycles. The van der Waals surface area contributed by atoms with Gasteiger partial charge in [0.1, 0.15) is 11.6 Å². The first-order chi connectivity index (χ1) is 15.2. The minimum Gasteiger partial charge on any atom is -0.310 e. The Bertz CT molecular complexity index is 989. The molecule has 31 heavy (non-hydrogen) atoms. The van der Waals surface area contributed by atoms with Gasteiger partial charge in [0.25, 0.3) is 0 Å². The molecule has 1 aliphatic heterocycles. The first-order valence-electron chi connectivity index (χ1n) is 10.4. The quantitative estimate of drug-likeness (QED) is 0.514. The maximum absolute atomic E-state index is 12.4. The lowest BCUT2D eigenvalue weighted by molar-refractivity contribution is -0.113. The molecule has 1 amide bonds. The lowest BCUT2D eigenvalue weighted by atomic mass is 10.1. The highest BCUT2D eigenvalue weighted by Gasteiger charge is 2.18. The number of piperidine rings is 1. The Morgan fingerprint density at radius 3 is 2.58 bits per heavy atom. The number of carbonyl (C=O) groups excluding carboxylic acids is 1. The Labute approximate surface area is 191 Å². The number of pyridine rings is 1. The van der Waals surface area contributed by atoms with Crippen molar-refractivity contribution in [3.63, 3.8) is 0 Å². The van der Waals surface area contributed by atoms with Crippen LogP contribution in [-0.4, -0.2) is 49.4 Å². The second kappa shape index (κ2) is 10.7. The summed E-state index contributed by atoms with van der Waals surface area (Å²) in [6, 6.07) is 13.6. The van der Waals surface area contributed by atoms with Crippen molar-refractivity contribution in [3.05, 3.63) is 65.1 Å². The second-order valence-corrected chi connectivity index (χ2v) is 8.88. The van der Waals surface area contributed by atoms with E-state index in [9.17, 15) is 4.79 Å².